The van der Waals surface area contributed by atoms with Crippen LogP contribution in [0.5, 0.6) is 0 Å². The van der Waals surface area contributed by atoms with Crippen molar-refractivity contribution < 1.29 is 8.81 Å². The molecule has 5 rings (SSSR count). The Kier molecular flexibility index (Phi) is 3.71. The van der Waals surface area contributed by atoms with Gasteiger partial charge in [-0.2, -0.15) is 0 Å². The van der Waals surface area contributed by atoms with E-state index in [1.165, 1.54) is 12.5 Å². The molecule has 3 aromatic heterocycles. The molecule has 6 nitrogen and oxygen atoms in total. The molecule has 0 atom stereocenters. The number of aromatic nitrogens is 4. The third-order valence-corrected chi connectivity index (χ3v) is 4.76. The fraction of sp³-hybridized carbons (Fsp3) is 0.150. The molecular formula is C20H16FN5O. The zero-order valence-corrected chi connectivity index (χ0v) is 14.4. The molecule has 0 unspecified atom stereocenters. The summed E-state index contributed by atoms with van der Waals surface area (Å²) in [7, 11) is 0. The van der Waals surface area contributed by atoms with E-state index >= 15 is 0 Å². The summed E-state index contributed by atoms with van der Waals surface area (Å²) in [6.07, 6.45) is 14.8. The normalized spacial score (nSPS) is 20.0. The summed E-state index contributed by atoms with van der Waals surface area (Å²) in [5.41, 5.74) is 3.17. The summed E-state index contributed by atoms with van der Waals surface area (Å²) < 4.78 is 20.9. The van der Waals surface area contributed by atoms with Gasteiger partial charge in [0.15, 0.2) is 6.39 Å². The minimum Gasteiger partial charge on any atom is -0.447 e. The lowest BCUT2D eigenvalue weighted by Gasteiger charge is -2.11. The summed E-state index contributed by atoms with van der Waals surface area (Å²) in [6, 6.07) is 2.03. The van der Waals surface area contributed by atoms with Crippen molar-refractivity contribution in [1.29, 1.82) is 0 Å². The van der Waals surface area contributed by atoms with Crippen molar-refractivity contribution in [2.75, 3.05) is 0 Å². The molecule has 3 aromatic rings. The molecule has 0 fully saturated rings. The highest BCUT2D eigenvalue weighted by atomic mass is 19.1. The number of hydrogen-bond donors (Lipinski definition) is 1. The summed E-state index contributed by atoms with van der Waals surface area (Å²) in [6.45, 7) is 0.518. The van der Waals surface area contributed by atoms with E-state index in [0.717, 1.165) is 39.0 Å². The Bertz CT molecular complexity index is 1210. The van der Waals surface area contributed by atoms with E-state index in [2.05, 4.69) is 24.5 Å². The molecule has 0 saturated carbocycles. The number of imidazole rings is 1. The van der Waals surface area contributed by atoms with Gasteiger partial charge in [0, 0.05) is 24.4 Å². The van der Waals surface area contributed by atoms with Gasteiger partial charge in [-0.3, -0.25) is 0 Å². The highest BCUT2D eigenvalue weighted by molar-refractivity contribution is 5.88. The monoisotopic (exact) mass is 361 g/mol. The van der Waals surface area contributed by atoms with Crippen LogP contribution in [-0.2, 0) is 6.54 Å². The number of halogens is 1. The number of aromatic amines is 1. The fourth-order valence-corrected chi connectivity index (χ4v) is 3.51. The number of nitrogens with zero attached hydrogens (tertiary/aromatic N) is 4. The van der Waals surface area contributed by atoms with Crippen molar-refractivity contribution >= 4 is 23.2 Å². The topological polar surface area (TPSA) is 72.0 Å². The molecule has 1 N–H and O–H groups in total. The molecule has 134 valence electrons. The Hall–Kier alpha value is -3.48. The fourth-order valence-electron chi connectivity index (χ4n) is 3.51. The first kappa shape index (κ1) is 15.7. The van der Waals surface area contributed by atoms with Gasteiger partial charge >= 0.3 is 0 Å². The Morgan fingerprint density at radius 3 is 3.04 bits per heavy atom. The summed E-state index contributed by atoms with van der Waals surface area (Å²) in [5, 5.41) is 1.85. The van der Waals surface area contributed by atoms with Gasteiger partial charge in [0.05, 0.1) is 29.8 Å². The van der Waals surface area contributed by atoms with E-state index in [4.69, 9.17) is 4.42 Å². The number of oxazole rings is 1. The van der Waals surface area contributed by atoms with Crippen molar-refractivity contribution in [3.63, 3.8) is 0 Å². The van der Waals surface area contributed by atoms with Crippen LogP contribution >= 0.6 is 0 Å². The standard InChI is InChI=1S/C20H16FN5O/c21-14-3-1-13(2-4-14)18-19(16-5-7-23-20-17(16)6-8-24-20)26(11-25-18)10-15-9-22-12-27-15/h1,3-4,6-9,11-12,24H,2,5,10H2. The number of aliphatic imine (C=N–C) groups is 1. The van der Waals surface area contributed by atoms with Crippen LogP contribution in [0.4, 0.5) is 10.2 Å². The van der Waals surface area contributed by atoms with Gasteiger partial charge in [0.25, 0.3) is 0 Å². The Labute approximate surface area is 153 Å². The molecule has 1 aliphatic heterocycles. The summed E-state index contributed by atoms with van der Waals surface area (Å²) in [4.78, 5) is 16.3. The van der Waals surface area contributed by atoms with Gasteiger partial charge in [-0.15, -0.1) is 0 Å². The van der Waals surface area contributed by atoms with Crippen LogP contribution in [-0.4, -0.2) is 25.7 Å². The zero-order chi connectivity index (χ0) is 18.2. The Balaban J connectivity index is 1.79. The number of hydrogen-bond acceptors (Lipinski definition) is 4. The van der Waals surface area contributed by atoms with Crippen LogP contribution < -0.4 is 10.7 Å². The highest BCUT2D eigenvalue weighted by Crippen LogP contribution is 2.28. The number of rotatable bonds is 2. The zero-order valence-electron chi connectivity index (χ0n) is 14.4. The second kappa shape index (κ2) is 6.35. The first-order valence-electron chi connectivity index (χ1n) is 8.68. The van der Waals surface area contributed by atoms with Gasteiger partial charge in [-0.1, -0.05) is 6.08 Å². The van der Waals surface area contributed by atoms with Crippen molar-refractivity contribution in [3.8, 4) is 0 Å². The van der Waals surface area contributed by atoms with Crippen molar-refractivity contribution in [3.05, 3.63) is 77.3 Å². The molecule has 0 amide bonds. The van der Waals surface area contributed by atoms with Crippen molar-refractivity contribution in [2.24, 2.45) is 4.99 Å². The van der Waals surface area contributed by atoms with Gasteiger partial charge < -0.3 is 14.0 Å². The van der Waals surface area contributed by atoms with Gasteiger partial charge in [0.1, 0.15) is 17.4 Å². The number of allylic oxidation sites excluding steroid dienone is 4. The molecule has 0 radical (unpaired) electrons. The third kappa shape index (κ3) is 2.77. The second-order valence-electron chi connectivity index (χ2n) is 6.42. The van der Waals surface area contributed by atoms with E-state index in [-0.39, 0.29) is 5.83 Å². The van der Waals surface area contributed by atoms with E-state index < -0.39 is 0 Å². The summed E-state index contributed by atoms with van der Waals surface area (Å²) in [5.74, 6) is 1.37. The van der Waals surface area contributed by atoms with Gasteiger partial charge in [0.2, 0.25) is 0 Å². The first-order valence-corrected chi connectivity index (χ1v) is 8.68. The summed E-state index contributed by atoms with van der Waals surface area (Å²) >= 11 is 0. The lowest BCUT2D eigenvalue weighted by Crippen LogP contribution is -2.35. The lowest BCUT2D eigenvalue weighted by molar-refractivity contribution is 0.486. The minimum atomic E-state index is -0.216. The quantitative estimate of drug-likeness (QED) is 0.762. The largest absolute Gasteiger partial charge is 0.447 e. The van der Waals surface area contributed by atoms with Crippen LogP contribution in [0.2, 0.25) is 0 Å². The van der Waals surface area contributed by atoms with E-state index in [0.29, 0.717) is 19.4 Å². The van der Waals surface area contributed by atoms with Crippen LogP contribution in [0.3, 0.4) is 0 Å². The van der Waals surface area contributed by atoms with Gasteiger partial charge in [-0.25, -0.2) is 19.4 Å². The maximum Gasteiger partial charge on any atom is 0.180 e. The second-order valence-corrected chi connectivity index (χ2v) is 6.42. The predicted octanol–water partition coefficient (Wildman–Crippen LogP) is 2.52. The molecular weight excluding hydrogens is 345 g/mol. The SMILES string of the molecule is FC1=CCC(=c2ncn(Cc3cnco3)c2=C2CC=Nc3[nH]ccc32)C=C1. The van der Waals surface area contributed by atoms with E-state index in [9.17, 15) is 4.39 Å². The van der Waals surface area contributed by atoms with Gasteiger partial charge in [-0.05, 0) is 35.8 Å². The molecule has 0 saturated heterocycles. The molecule has 0 bridgehead atoms. The first-order chi connectivity index (χ1) is 13.3. The lowest BCUT2D eigenvalue weighted by atomic mass is 10.0. The number of nitrogens with one attached hydrogen (secondary N) is 1. The molecule has 0 spiro atoms. The average molecular weight is 361 g/mol. The minimum absolute atomic E-state index is 0.216. The molecule has 27 heavy (non-hydrogen) atoms. The van der Waals surface area contributed by atoms with Crippen molar-refractivity contribution in [1.82, 2.24) is 19.5 Å². The van der Waals surface area contributed by atoms with E-state index in [1.807, 2.05) is 18.5 Å². The van der Waals surface area contributed by atoms with Crippen LogP contribution in [0.15, 0.2) is 64.6 Å². The molecule has 7 heteroatoms. The average Bonchev–Trinajstić information content (AvgIpc) is 3.43. The molecule has 1 aliphatic carbocycles. The predicted molar refractivity (Wildman–Crippen MR) is 99.5 cm³/mol. The van der Waals surface area contributed by atoms with Crippen LogP contribution in [0.1, 0.15) is 24.2 Å². The maximum absolute atomic E-state index is 13.4. The maximum atomic E-state index is 13.4. The molecule has 0 aromatic carbocycles. The third-order valence-electron chi connectivity index (χ3n) is 4.76. The van der Waals surface area contributed by atoms with Crippen LogP contribution in [0, 0.1) is 0 Å². The van der Waals surface area contributed by atoms with E-state index in [1.54, 1.807) is 24.7 Å². The Morgan fingerprint density at radius 2 is 2.22 bits per heavy atom. The Morgan fingerprint density at radius 1 is 1.26 bits per heavy atom. The molecule has 2 aliphatic rings. The smallest absolute Gasteiger partial charge is 0.180 e. The number of fused-ring (bicyclic) bond motifs is 1. The van der Waals surface area contributed by atoms with Crippen LogP contribution in [0.25, 0.3) is 11.1 Å². The number of H-pyrrole nitrogens is 1. The highest BCUT2D eigenvalue weighted by Gasteiger charge is 2.17. The molecule has 4 heterocycles. The van der Waals surface area contributed by atoms with Crippen molar-refractivity contribution in [2.45, 2.75) is 19.4 Å².